The Morgan fingerprint density at radius 1 is 0.941 bits per heavy atom. The van der Waals surface area contributed by atoms with Crippen molar-refractivity contribution in [1.29, 1.82) is 0 Å². The van der Waals surface area contributed by atoms with E-state index in [9.17, 15) is 14.7 Å². The lowest BCUT2D eigenvalue weighted by Gasteiger charge is -2.11. The van der Waals surface area contributed by atoms with E-state index < -0.39 is 11.5 Å². The summed E-state index contributed by atoms with van der Waals surface area (Å²) < 4.78 is 0. The van der Waals surface area contributed by atoms with Crippen molar-refractivity contribution in [3.05, 3.63) is 100 Å². The average Bonchev–Trinajstić information content (AvgIpc) is 3.17. The third-order valence-electron chi connectivity index (χ3n) is 5.46. The summed E-state index contributed by atoms with van der Waals surface area (Å²) in [6.07, 6.45) is 0. The second-order valence-electron chi connectivity index (χ2n) is 7.76. The summed E-state index contributed by atoms with van der Waals surface area (Å²) in [4.78, 5) is 28.9. The minimum atomic E-state index is -0.846. The van der Waals surface area contributed by atoms with Gasteiger partial charge in [0.2, 0.25) is 5.88 Å². The Morgan fingerprint density at radius 3 is 2.32 bits per heavy atom. The van der Waals surface area contributed by atoms with Crippen molar-refractivity contribution >= 4 is 22.5 Å². The molecule has 3 aromatic carbocycles. The maximum Gasteiger partial charge on any atom is 0.301 e. The number of amides is 1. The molecule has 2 aromatic heterocycles. The smallest absolute Gasteiger partial charge is 0.301 e. The Balaban J connectivity index is 1.67. The van der Waals surface area contributed by atoms with Crippen molar-refractivity contribution in [3.63, 3.8) is 0 Å². The fourth-order valence-electron chi connectivity index (χ4n) is 3.87. The van der Waals surface area contributed by atoms with Gasteiger partial charge < -0.3 is 10.1 Å². The van der Waals surface area contributed by atoms with E-state index in [1.54, 1.807) is 18.2 Å². The van der Waals surface area contributed by atoms with Crippen LogP contribution in [0.1, 0.15) is 15.9 Å². The third-order valence-corrected chi connectivity index (χ3v) is 5.46. The Bertz CT molecular complexity index is 1600. The van der Waals surface area contributed by atoms with E-state index in [1.165, 1.54) is 0 Å². The number of nitrogens with one attached hydrogen (secondary N) is 2. The topological polar surface area (TPSA) is 124 Å². The van der Waals surface area contributed by atoms with Gasteiger partial charge in [-0.1, -0.05) is 72.3 Å². The maximum atomic E-state index is 13.3. The van der Waals surface area contributed by atoms with E-state index in [4.69, 9.17) is 0 Å². The Kier molecular flexibility index (Phi) is 5.31. The number of carbonyl (C=O) groups is 1. The molecule has 0 unspecified atom stereocenters. The zero-order valence-corrected chi connectivity index (χ0v) is 18.1. The lowest BCUT2D eigenvalue weighted by Crippen LogP contribution is -2.20. The molecule has 0 radical (unpaired) electrons. The minimum absolute atomic E-state index is 0.127. The molecule has 5 rings (SSSR count). The first-order valence-electron chi connectivity index (χ1n) is 10.5. The summed E-state index contributed by atoms with van der Waals surface area (Å²) in [7, 11) is 0. The largest absolute Gasteiger partial charge is 0.493 e. The number of fused-ring (bicyclic) bond motifs is 1. The van der Waals surface area contributed by atoms with Crippen molar-refractivity contribution < 1.29 is 9.90 Å². The predicted molar refractivity (Wildman–Crippen MR) is 129 cm³/mol. The molecule has 0 fully saturated rings. The SMILES string of the molecule is Cc1ccc2[nH]c(O)c(N=NC(=O)c3c(-c4ccccc4)c(-c4ccccc4)n[nH]c3=O)c2c1. The van der Waals surface area contributed by atoms with Gasteiger partial charge in [0, 0.05) is 16.5 Å². The fraction of sp³-hybridized carbons (Fsp3) is 0.0385. The van der Waals surface area contributed by atoms with Gasteiger partial charge in [-0.05, 0) is 24.6 Å². The molecule has 0 saturated carbocycles. The molecule has 0 aliphatic rings. The second-order valence-corrected chi connectivity index (χ2v) is 7.76. The number of benzene rings is 3. The number of aromatic amines is 2. The van der Waals surface area contributed by atoms with Crippen LogP contribution in [0.4, 0.5) is 5.69 Å². The molecule has 8 nitrogen and oxygen atoms in total. The number of H-pyrrole nitrogens is 2. The number of aromatic nitrogens is 3. The highest BCUT2D eigenvalue weighted by Gasteiger charge is 2.23. The quantitative estimate of drug-likeness (QED) is 0.312. The van der Waals surface area contributed by atoms with Gasteiger partial charge in [0.25, 0.3) is 5.56 Å². The molecule has 0 aliphatic carbocycles. The molecule has 0 aliphatic heterocycles. The van der Waals surface area contributed by atoms with Gasteiger partial charge in [0.15, 0.2) is 5.69 Å². The summed E-state index contributed by atoms with van der Waals surface area (Å²) in [5.41, 5.74) is 3.05. The van der Waals surface area contributed by atoms with Crippen LogP contribution in [0.25, 0.3) is 33.3 Å². The van der Waals surface area contributed by atoms with Gasteiger partial charge in [0.1, 0.15) is 5.56 Å². The Hall–Kier alpha value is -4.85. The second kappa shape index (κ2) is 8.59. The zero-order valence-electron chi connectivity index (χ0n) is 18.1. The van der Waals surface area contributed by atoms with Crippen LogP contribution in [-0.2, 0) is 0 Å². The molecular weight excluding hydrogens is 430 g/mol. The van der Waals surface area contributed by atoms with Crippen molar-refractivity contribution in [2.45, 2.75) is 6.92 Å². The van der Waals surface area contributed by atoms with E-state index in [2.05, 4.69) is 25.4 Å². The molecule has 0 atom stereocenters. The van der Waals surface area contributed by atoms with Crippen LogP contribution in [0.15, 0.2) is 93.9 Å². The fourth-order valence-corrected chi connectivity index (χ4v) is 3.87. The van der Waals surface area contributed by atoms with Crippen molar-refractivity contribution in [2.75, 3.05) is 0 Å². The molecule has 2 heterocycles. The van der Waals surface area contributed by atoms with E-state index in [0.717, 1.165) is 11.1 Å². The highest BCUT2D eigenvalue weighted by Crippen LogP contribution is 2.36. The number of hydrogen-bond acceptors (Lipinski definition) is 5. The number of hydrogen-bond donors (Lipinski definition) is 3. The van der Waals surface area contributed by atoms with Gasteiger partial charge in [-0.3, -0.25) is 9.59 Å². The number of nitrogens with zero attached hydrogens (tertiary/aromatic N) is 3. The van der Waals surface area contributed by atoms with E-state index >= 15 is 0 Å². The maximum absolute atomic E-state index is 13.3. The number of carbonyl (C=O) groups excluding carboxylic acids is 1. The summed E-state index contributed by atoms with van der Waals surface area (Å²) in [5, 5.41) is 25.4. The lowest BCUT2D eigenvalue weighted by atomic mass is 9.95. The summed E-state index contributed by atoms with van der Waals surface area (Å²) in [5.74, 6) is -1.06. The van der Waals surface area contributed by atoms with Crippen LogP contribution in [0.5, 0.6) is 5.88 Å². The zero-order chi connectivity index (χ0) is 23.7. The van der Waals surface area contributed by atoms with Crippen molar-refractivity contribution in [3.8, 4) is 28.3 Å². The normalized spacial score (nSPS) is 11.3. The van der Waals surface area contributed by atoms with Gasteiger partial charge in [-0.25, -0.2) is 5.10 Å². The number of aryl methyl sites for hydroxylation is 1. The molecule has 0 spiro atoms. The molecular formula is C26H19N5O3. The number of azo groups is 1. The molecule has 8 heteroatoms. The summed E-state index contributed by atoms with van der Waals surface area (Å²) in [6.45, 7) is 1.91. The predicted octanol–water partition coefficient (Wildman–Crippen LogP) is 5.52. The molecule has 0 saturated heterocycles. The molecule has 1 amide bonds. The molecule has 5 aromatic rings. The Morgan fingerprint density at radius 2 is 1.62 bits per heavy atom. The molecule has 0 bridgehead atoms. The third kappa shape index (κ3) is 3.77. The Labute approximate surface area is 193 Å². The van der Waals surface area contributed by atoms with E-state index in [-0.39, 0.29) is 17.1 Å². The minimum Gasteiger partial charge on any atom is -0.493 e. The average molecular weight is 449 g/mol. The highest BCUT2D eigenvalue weighted by atomic mass is 16.3. The first-order valence-corrected chi connectivity index (χ1v) is 10.5. The van der Waals surface area contributed by atoms with Crippen molar-refractivity contribution in [1.82, 2.24) is 15.2 Å². The first kappa shape index (κ1) is 21.0. The number of aromatic hydroxyl groups is 1. The van der Waals surface area contributed by atoms with Crippen LogP contribution in [0.2, 0.25) is 0 Å². The monoisotopic (exact) mass is 449 g/mol. The van der Waals surface area contributed by atoms with Crippen LogP contribution < -0.4 is 5.56 Å². The highest BCUT2D eigenvalue weighted by molar-refractivity contribution is 6.04. The summed E-state index contributed by atoms with van der Waals surface area (Å²) in [6, 6.07) is 23.8. The van der Waals surface area contributed by atoms with Crippen molar-refractivity contribution in [2.24, 2.45) is 10.2 Å². The van der Waals surface area contributed by atoms with Crippen LogP contribution in [-0.4, -0.2) is 26.2 Å². The lowest BCUT2D eigenvalue weighted by molar-refractivity contribution is 0.0994. The first-order chi connectivity index (χ1) is 16.5. The standard InChI is InChI=1S/C26H19N5O3/c1-15-12-13-19-18(14-15)23(26(34)27-19)29-31-25(33)21-20(16-8-4-2-5-9-16)22(28-30-24(21)32)17-10-6-3-7-11-17/h2-14,27,34H,1H3,(H,30,32). The van der Waals surface area contributed by atoms with Gasteiger partial charge in [-0.15, -0.1) is 10.2 Å². The van der Waals surface area contributed by atoms with Crippen LogP contribution >= 0.6 is 0 Å². The van der Waals surface area contributed by atoms with Gasteiger partial charge in [0.05, 0.1) is 11.2 Å². The van der Waals surface area contributed by atoms with Gasteiger partial charge >= 0.3 is 5.91 Å². The molecule has 166 valence electrons. The molecule has 34 heavy (non-hydrogen) atoms. The summed E-state index contributed by atoms with van der Waals surface area (Å²) >= 11 is 0. The van der Waals surface area contributed by atoms with Crippen LogP contribution in [0, 0.1) is 6.92 Å². The number of rotatable bonds is 4. The van der Waals surface area contributed by atoms with Gasteiger partial charge in [-0.2, -0.15) is 5.10 Å². The van der Waals surface area contributed by atoms with E-state index in [0.29, 0.717) is 27.7 Å². The molecule has 3 N–H and O–H groups in total. The van der Waals surface area contributed by atoms with Crippen LogP contribution in [0.3, 0.4) is 0 Å². The van der Waals surface area contributed by atoms with E-state index in [1.807, 2.05) is 67.6 Å².